The topological polar surface area (TPSA) is 40.5 Å². The first-order valence-corrected chi connectivity index (χ1v) is 5.51. The Labute approximate surface area is 108 Å². The molecule has 0 aromatic heterocycles. The number of hydrogen-bond acceptors (Lipinski definition) is 2. The number of halogens is 3. The first-order valence-electron chi connectivity index (χ1n) is 5.51. The number of hydrogen-bond donors (Lipinski definition) is 2. The molecule has 2 rings (SSSR count). The van der Waals surface area contributed by atoms with Gasteiger partial charge in [0.1, 0.15) is 0 Å². The van der Waals surface area contributed by atoms with Gasteiger partial charge in [0.05, 0.1) is 5.56 Å². The molecule has 0 spiro atoms. The maximum absolute atomic E-state index is 12.6. The lowest BCUT2D eigenvalue weighted by Gasteiger charge is -2.09. The van der Waals surface area contributed by atoms with Gasteiger partial charge >= 0.3 is 13.3 Å². The maximum atomic E-state index is 12.6. The summed E-state index contributed by atoms with van der Waals surface area (Å²) >= 11 is 0. The number of alkyl halides is 3. The van der Waals surface area contributed by atoms with Gasteiger partial charge in [-0.2, -0.15) is 13.2 Å². The fraction of sp³-hybridized carbons (Fsp3) is 0.0769. The van der Waals surface area contributed by atoms with Gasteiger partial charge in [0, 0.05) is 0 Å². The van der Waals surface area contributed by atoms with Gasteiger partial charge in [-0.3, -0.25) is 0 Å². The van der Waals surface area contributed by atoms with Crippen molar-refractivity contribution in [3.05, 3.63) is 54.1 Å². The van der Waals surface area contributed by atoms with E-state index in [9.17, 15) is 13.2 Å². The predicted octanol–water partition coefficient (Wildman–Crippen LogP) is 2.05. The van der Waals surface area contributed by atoms with Crippen molar-refractivity contribution in [1.29, 1.82) is 0 Å². The Morgan fingerprint density at radius 2 is 1.47 bits per heavy atom. The Morgan fingerprint density at radius 3 is 2.00 bits per heavy atom. The summed E-state index contributed by atoms with van der Waals surface area (Å²) < 4.78 is 37.8. The molecule has 0 aliphatic rings. The highest BCUT2D eigenvalue weighted by Crippen LogP contribution is 2.31. The van der Waals surface area contributed by atoms with Crippen LogP contribution in [0.1, 0.15) is 5.56 Å². The molecule has 98 valence electrons. The van der Waals surface area contributed by atoms with Crippen LogP contribution in [0.3, 0.4) is 0 Å². The van der Waals surface area contributed by atoms with Crippen molar-refractivity contribution in [3.8, 4) is 11.1 Å². The second kappa shape index (κ2) is 5.07. The fourth-order valence-corrected chi connectivity index (χ4v) is 1.72. The van der Waals surface area contributed by atoms with Crippen LogP contribution < -0.4 is 5.46 Å². The number of benzene rings is 2. The van der Waals surface area contributed by atoms with Gasteiger partial charge in [0.2, 0.25) is 0 Å². The standard InChI is InChI=1S/C13H10BF3O2/c15-13(16,17)11-3-1-2-10(8-11)9-4-6-12(7-5-9)14(18)19/h1-8,18-19H. The van der Waals surface area contributed by atoms with E-state index in [2.05, 4.69) is 0 Å². The summed E-state index contributed by atoms with van der Waals surface area (Å²) in [6.45, 7) is 0. The van der Waals surface area contributed by atoms with Gasteiger partial charge in [-0.05, 0) is 28.7 Å². The molecule has 0 saturated heterocycles. The van der Waals surface area contributed by atoms with Crippen LogP contribution in [-0.2, 0) is 6.18 Å². The van der Waals surface area contributed by atoms with Crippen LogP contribution in [0.25, 0.3) is 11.1 Å². The van der Waals surface area contributed by atoms with E-state index in [1.54, 1.807) is 18.2 Å². The first-order chi connectivity index (χ1) is 8.88. The smallest absolute Gasteiger partial charge is 0.423 e. The highest BCUT2D eigenvalue weighted by Gasteiger charge is 2.30. The molecular formula is C13H10BF3O2. The molecule has 2 nitrogen and oxygen atoms in total. The molecule has 2 aromatic carbocycles. The zero-order chi connectivity index (χ0) is 14.0. The molecular weight excluding hydrogens is 256 g/mol. The van der Waals surface area contributed by atoms with Crippen molar-refractivity contribution in [2.75, 3.05) is 0 Å². The van der Waals surface area contributed by atoms with Crippen molar-refractivity contribution >= 4 is 12.6 Å². The molecule has 0 bridgehead atoms. The minimum atomic E-state index is -4.38. The molecule has 0 fully saturated rings. The SMILES string of the molecule is OB(O)c1ccc(-c2cccc(C(F)(F)F)c2)cc1. The van der Waals surface area contributed by atoms with Crippen LogP contribution in [0.15, 0.2) is 48.5 Å². The highest BCUT2D eigenvalue weighted by atomic mass is 19.4. The molecule has 0 saturated carbocycles. The van der Waals surface area contributed by atoms with Crippen molar-refractivity contribution in [2.45, 2.75) is 6.18 Å². The van der Waals surface area contributed by atoms with E-state index in [1.807, 2.05) is 0 Å². The van der Waals surface area contributed by atoms with E-state index in [4.69, 9.17) is 10.0 Å². The Balaban J connectivity index is 2.37. The predicted molar refractivity (Wildman–Crippen MR) is 66.7 cm³/mol. The van der Waals surface area contributed by atoms with Crippen LogP contribution in [0, 0.1) is 0 Å². The molecule has 0 radical (unpaired) electrons. The van der Waals surface area contributed by atoms with Crippen LogP contribution in [-0.4, -0.2) is 17.2 Å². The molecule has 2 aromatic rings. The normalized spacial score (nSPS) is 11.4. The summed E-state index contributed by atoms with van der Waals surface area (Å²) in [5.41, 5.74) is 0.580. The van der Waals surface area contributed by atoms with Crippen molar-refractivity contribution in [3.63, 3.8) is 0 Å². The minimum absolute atomic E-state index is 0.288. The van der Waals surface area contributed by atoms with Gasteiger partial charge in [-0.15, -0.1) is 0 Å². The Bertz CT molecular complexity index is 565. The van der Waals surface area contributed by atoms with Gasteiger partial charge in [0.15, 0.2) is 0 Å². The van der Waals surface area contributed by atoms with Gasteiger partial charge < -0.3 is 10.0 Å². The lowest BCUT2D eigenvalue weighted by atomic mass is 9.80. The van der Waals surface area contributed by atoms with Crippen molar-refractivity contribution in [2.24, 2.45) is 0 Å². The molecule has 2 N–H and O–H groups in total. The van der Waals surface area contributed by atoms with E-state index < -0.39 is 18.9 Å². The van der Waals surface area contributed by atoms with E-state index in [-0.39, 0.29) is 5.46 Å². The second-order valence-corrected chi connectivity index (χ2v) is 4.07. The summed E-state index contributed by atoms with van der Waals surface area (Å²) in [7, 11) is -1.59. The van der Waals surface area contributed by atoms with Crippen molar-refractivity contribution < 1.29 is 23.2 Å². The molecule has 0 aliphatic carbocycles. The second-order valence-electron chi connectivity index (χ2n) is 4.07. The quantitative estimate of drug-likeness (QED) is 0.817. The highest BCUT2D eigenvalue weighted by molar-refractivity contribution is 6.58. The summed E-state index contributed by atoms with van der Waals surface area (Å²) in [5, 5.41) is 17.9. The molecule has 0 atom stereocenters. The average molecular weight is 266 g/mol. The lowest BCUT2D eigenvalue weighted by molar-refractivity contribution is -0.137. The number of rotatable bonds is 2. The summed E-state index contributed by atoms with van der Waals surface area (Å²) in [5.74, 6) is 0. The molecule has 19 heavy (non-hydrogen) atoms. The third-order valence-electron chi connectivity index (χ3n) is 2.73. The summed E-state index contributed by atoms with van der Waals surface area (Å²) in [6, 6.07) is 11.0. The largest absolute Gasteiger partial charge is 0.488 e. The maximum Gasteiger partial charge on any atom is 0.488 e. The van der Waals surface area contributed by atoms with E-state index in [0.717, 1.165) is 12.1 Å². The zero-order valence-electron chi connectivity index (χ0n) is 9.72. The molecule has 0 unspecified atom stereocenters. The van der Waals surface area contributed by atoms with Crippen LogP contribution in [0.2, 0.25) is 0 Å². The van der Waals surface area contributed by atoms with Gasteiger partial charge in [-0.1, -0.05) is 36.4 Å². The molecule has 0 amide bonds. The van der Waals surface area contributed by atoms with Crippen LogP contribution >= 0.6 is 0 Å². The first kappa shape index (κ1) is 13.6. The van der Waals surface area contributed by atoms with Crippen LogP contribution in [0.5, 0.6) is 0 Å². The Hall–Kier alpha value is -1.79. The zero-order valence-corrected chi connectivity index (χ0v) is 9.72. The summed E-state index contributed by atoms with van der Waals surface area (Å²) in [4.78, 5) is 0. The third kappa shape index (κ3) is 3.16. The molecule has 0 heterocycles. The Kier molecular flexibility index (Phi) is 3.64. The third-order valence-corrected chi connectivity index (χ3v) is 2.73. The van der Waals surface area contributed by atoms with Crippen LogP contribution in [0.4, 0.5) is 13.2 Å². The van der Waals surface area contributed by atoms with E-state index in [0.29, 0.717) is 11.1 Å². The van der Waals surface area contributed by atoms with Crippen molar-refractivity contribution in [1.82, 2.24) is 0 Å². The fourth-order valence-electron chi connectivity index (χ4n) is 1.72. The lowest BCUT2D eigenvalue weighted by Crippen LogP contribution is -2.29. The minimum Gasteiger partial charge on any atom is -0.423 e. The van der Waals surface area contributed by atoms with Gasteiger partial charge in [-0.25, -0.2) is 0 Å². The van der Waals surface area contributed by atoms with E-state index >= 15 is 0 Å². The monoisotopic (exact) mass is 266 g/mol. The Morgan fingerprint density at radius 1 is 0.842 bits per heavy atom. The molecule has 6 heteroatoms. The molecule has 0 aliphatic heterocycles. The average Bonchev–Trinajstić information content (AvgIpc) is 2.38. The summed E-state index contributed by atoms with van der Waals surface area (Å²) in [6.07, 6.45) is -4.38. The van der Waals surface area contributed by atoms with E-state index in [1.165, 1.54) is 18.2 Å². The van der Waals surface area contributed by atoms with Gasteiger partial charge in [0.25, 0.3) is 0 Å².